The smallest absolute Gasteiger partial charge is 0.253 e. The van der Waals surface area contributed by atoms with Gasteiger partial charge in [0.05, 0.1) is 0 Å². The number of amides is 2. The van der Waals surface area contributed by atoms with Crippen LogP contribution in [0.1, 0.15) is 41.6 Å². The van der Waals surface area contributed by atoms with Gasteiger partial charge in [-0.2, -0.15) is 0 Å². The molecule has 0 N–H and O–H groups in total. The van der Waals surface area contributed by atoms with Crippen molar-refractivity contribution in [2.24, 2.45) is 0 Å². The minimum atomic E-state index is -0.133. The molecule has 0 unspecified atom stereocenters. The maximum Gasteiger partial charge on any atom is 0.253 e. The average Bonchev–Trinajstić information content (AvgIpc) is 2.99. The summed E-state index contributed by atoms with van der Waals surface area (Å²) in [6.45, 7) is 1.93. The number of piperidine rings is 1. The van der Waals surface area contributed by atoms with Crippen LogP contribution < -0.4 is 0 Å². The fourth-order valence-corrected chi connectivity index (χ4v) is 4.44. The molecular weight excluding hydrogens is 362 g/mol. The molecule has 0 atom stereocenters. The third-order valence-electron chi connectivity index (χ3n) is 5.82. The number of likely N-dealkylation sites (tertiary alicyclic amines) is 2. The normalized spacial score (nSPS) is 18.9. The zero-order valence-corrected chi connectivity index (χ0v) is 15.9. The van der Waals surface area contributed by atoms with E-state index in [1.54, 1.807) is 36.7 Å². The van der Waals surface area contributed by atoms with Gasteiger partial charge >= 0.3 is 0 Å². The number of pyridine rings is 1. The van der Waals surface area contributed by atoms with Crippen LogP contribution in [-0.4, -0.2) is 45.2 Å². The van der Waals surface area contributed by atoms with Crippen LogP contribution in [0.15, 0.2) is 48.8 Å². The second kappa shape index (κ2) is 7.31. The van der Waals surface area contributed by atoms with E-state index in [1.165, 1.54) is 0 Å². The number of benzene rings is 1. The van der Waals surface area contributed by atoms with Crippen LogP contribution >= 0.6 is 11.6 Å². The van der Waals surface area contributed by atoms with Crippen molar-refractivity contribution in [2.45, 2.75) is 37.8 Å². The molecule has 27 heavy (non-hydrogen) atoms. The van der Waals surface area contributed by atoms with Crippen LogP contribution in [-0.2, 0) is 11.3 Å². The molecule has 140 valence electrons. The summed E-state index contributed by atoms with van der Waals surface area (Å²) in [5.74, 6) is 0.221. The number of hydrogen-bond acceptors (Lipinski definition) is 3. The fourth-order valence-electron chi connectivity index (χ4n) is 4.25. The molecule has 1 aromatic heterocycles. The topological polar surface area (TPSA) is 53.5 Å². The van der Waals surface area contributed by atoms with Crippen LogP contribution in [0.4, 0.5) is 0 Å². The molecule has 2 amide bonds. The Morgan fingerprint density at radius 3 is 2.56 bits per heavy atom. The molecule has 4 rings (SSSR count). The largest absolute Gasteiger partial charge is 0.338 e. The van der Waals surface area contributed by atoms with Crippen LogP contribution in [0, 0.1) is 0 Å². The lowest BCUT2D eigenvalue weighted by Crippen LogP contribution is -2.53. The molecule has 2 aliphatic heterocycles. The molecule has 2 aliphatic rings. The minimum Gasteiger partial charge on any atom is -0.338 e. The Hall–Kier alpha value is -2.40. The van der Waals surface area contributed by atoms with E-state index in [1.807, 2.05) is 21.9 Å². The van der Waals surface area contributed by atoms with Gasteiger partial charge in [-0.15, -0.1) is 0 Å². The van der Waals surface area contributed by atoms with Crippen molar-refractivity contribution in [1.82, 2.24) is 14.8 Å². The molecule has 2 saturated heterocycles. The number of rotatable bonds is 3. The average molecular weight is 384 g/mol. The van der Waals surface area contributed by atoms with E-state index >= 15 is 0 Å². The van der Waals surface area contributed by atoms with Crippen LogP contribution in [0.25, 0.3) is 0 Å². The molecule has 2 aromatic rings. The number of halogens is 1. The van der Waals surface area contributed by atoms with Crippen LogP contribution in [0.5, 0.6) is 0 Å². The quantitative estimate of drug-likeness (QED) is 0.814. The molecule has 1 aromatic carbocycles. The monoisotopic (exact) mass is 383 g/mol. The van der Waals surface area contributed by atoms with Crippen LogP contribution in [0.3, 0.4) is 0 Å². The van der Waals surface area contributed by atoms with E-state index in [9.17, 15) is 9.59 Å². The lowest BCUT2D eigenvalue weighted by molar-refractivity contribution is -0.133. The van der Waals surface area contributed by atoms with Crippen molar-refractivity contribution in [3.05, 3.63) is 64.9 Å². The van der Waals surface area contributed by atoms with Crippen molar-refractivity contribution in [3.63, 3.8) is 0 Å². The fraction of sp³-hybridized carbons (Fsp3) is 0.381. The second-order valence-corrected chi connectivity index (χ2v) is 7.80. The number of aromatic nitrogens is 1. The second-order valence-electron chi connectivity index (χ2n) is 7.36. The van der Waals surface area contributed by atoms with Crippen molar-refractivity contribution in [2.75, 3.05) is 13.1 Å². The number of carbonyl (C=O) groups is 2. The summed E-state index contributed by atoms with van der Waals surface area (Å²) < 4.78 is 0. The highest BCUT2D eigenvalue weighted by Crippen LogP contribution is 2.40. The van der Waals surface area contributed by atoms with E-state index < -0.39 is 0 Å². The van der Waals surface area contributed by atoms with E-state index in [2.05, 4.69) is 4.98 Å². The Morgan fingerprint density at radius 1 is 1.11 bits per heavy atom. The van der Waals surface area contributed by atoms with Crippen molar-refractivity contribution in [1.29, 1.82) is 0 Å². The van der Waals surface area contributed by atoms with Gasteiger partial charge < -0.3 is 9.80 Å². The Kier molecular flexibility index (Phi) is 4.87. The highest BCUT2D eigenvalue weighted by atomic mass is 35.5. The summed E-state index contributed by atoms with van der Waals surface area (Å²) in [5.41, 5.74) is 1.58. The Morgan fingerprint density at radius 2 is 1.85 bits per heavy atom. The number of carbonyl (C=O) groups excluding carboxylic acids is 2. The summed E-state index contributed by atoms with van der Waals surface area (Å²) >= 11 is 6.02. The first-order valence-corrected chi connectivity index (χ1v) is 9.69. The van der Waals surface area contributed by atoms with Gasteiger partial charge in [-0.05, 0) is 55.2 Å². The third-order valence-corrected chi connectivity index (χ3v) is 6.06. The number of nitrogens with zero attached hydrogens (tertiary/aromatic N) is 3. The van der Waals surface area contributed by atoms with E-state index in [0.717, 1.165) is 24.8 Å². The van der Waals surface area contributed by atoms with Gasteiger partial charge in [0.1, 0.15) is 0 Å². The molecule has 0 radical (unpaired) electrons. The zero-order valence-electron chi connectivity index (χ0n) is 15.1. The Bertz CT molecular complexity index is 848. The van der Waals surface area contributed by atoms with Gasteiger partial charge in [-0.1, -0.05) is 17.7 Å². The van der Waals surface area contributed by atoms with Gasteiger partial charge in [-0.25, -0.2) is 0 Å². The number of hydrogen-bond donors (Lipinski definition) is 0. The van der Waals surface area contributed by atoms with Crippen molar-refractivity contribution < 1.29 is 9.59 Å². The first kappa shape index (κ1) is 18.0. The van der Waals surface area contributed by atoms with Gasteiger partial charge in [-0.3, -0.25) is 14.6 Å². The Balaban J connectivity index is 1.46. The molecule has 0 saturated carbocycles. The molecule has 1 spiro atoms. The first-order valence-electron chi connectivity index (χ1n) is 9.32. The molecule has 0 bridgehead atoms. The summed E-state index contributed by atoms with van der Waals surface area (Å²) in [6.07, 6.45) is 6.61. The highest BCUT2D eigenvalue weighted by Gasteiger charge is 2.47. The van der Waals surface area contributed by atoms with Crippen molar-refractivity contribution >= 4 is 23.4 Å². The lowest BCUT2D eigenvalue weighted by Gasteiger charge is -2.45. The minimum absolute atomic E-state index is 0.0114. The summed E-state index contributed by atoms with van der Waals surface area (Å²) in [4.78, 5) is 33.3. The van der Waals surface area contributed by atoms with E-state index in [0.29, 0.717) is 36.6 Å². The summed E-state index contributed by atoms with van der Waals surface area (Å²) in [6, 6.07) is 11.0. The first-order chi connectivity index (χ1) is 13.1. The zero-order chi connectivity index (χ0) is 18.9. The maximum absolute atomic E-state index is 12.8. The maximum atomic E-state index is 12.8. The molecule has 6 heteroatoms. The van der Waals surface area contributed by atoms with Gasteiger partial charge in [0.25, 0.3) is 5.91 Å². The molecule has 2 fully saturated rings. The molecule has 5 nitrogen and oxygen atoms in total. The summed E-state index contributed by atoms with van der Waals surface area (Å²) in [7, 11) is 0. The Labute approximate surface area is 163 Å². The van der Waals surface area contributed by atoms with Crippen molar-refractivity contribution in [3.8, 4) is 0 Å². The summed E-state index contributed by atoms with van der Waals surface area (Å²) in [5, 5.41) is 0.569. The van der Waals surface area contributed by atoms with E-state index in [-0.39, 0.29) is 17.4 Å². The lowest BCUT2D eigenvalue weighted by atomic mass is 9.84. The third kappa shape index (κ3) is 3.56. The predicted octanol–water partition coefficient (Wildman–Crippen LogP) is 3.53. The van der Waals surface area contributed by atoms with Gasteiger partial charge in [0.2, 0.25) is 5.91 Å². The predicted molar refractivity (Wildman–Crippen MR) is 103 cm³/mol. The highest BCUT2D eigenvalue weighted by molar-refractivity contribution is 6.30. The standard InChI is InChI=1S/C21H22ClN3O2/c22-18-3-1-2-17(14-18)20(27)24-12-8-21(9-13-24)7-4-19(26)25(21)15-16-5-10-23-11-6-16/h1-3,5-6,10-11,14H,4,7-9,12-13,15H2. The van der Waals surface area contributed by atoms with Gasteiger partial charge in [0, 0.05) is 54.6 Å². The van der Waals surface area contributed by atoms with Gasteiger partial charge in [0.15, 0.2) is 0 Å². The molecular formula is C21H22ClN3O2. The SMILES string of the molecule is O=C(c1cccc(Cl)c1)N1CCC2(CCC(=O)N2Cc2ccncc2)CC1. The van der Waals surface area contributed by atoms with Crippen LogP contribution in [0.2, 0.25) is 5.02 Å². The molecule has 3 heterocycles. The van der Waals surface area contributed by atoms with E-state index in [4.69, 9.17) is 11.6 Å². The molecule has 0 aliphatic carbocycles.